The molecule has 0 aliphatic heterocycles. The molecule has 0 spiro atoms. The summed E-state index contributed by atoms with van der Waals surface area (Å²) in [7, 11) is 0. The number of hydrogen-bond acceptors (Lipinski definition) is 4. The van der Waals surface area contributed by atoms with Crippen molar-refractivity contribution in [2.75, 3.05) is 0 Å². The SMILES string of the molecule is O=C(CCCCCC1CCCCCCCCCCC(Cl)(Cl)C1(Cl)Cl)OOC(=O)CCCCCC1CCCCCCCCCCC(Cl)(Cl)C1(Cl)Cl. The van der Waals surface area contributed by atoms with Crippen LogP contribution < -0.4 is 0 Å². The maximum Gasteiger partial charge on any atom is 0.355 e. The zero-order chi connectivity index (χ0) is 36.9. The molecule has 2 rings (SSSR count). The zero-order valence-electron chi connectivity index (χ0n) is 30.0. The summed E-state index contributed by atoms with van der Waals surface area (Å²) in [6.45, 7) is 0. The van der Waals surface area contributed by atoms with E-state index in [9.17, 15) is 9.59 Å². The Bertz CT molecular complexity index is 872. The van der Waals surface area contributed by atoms with Crippen LogP contribution in [0.1, 0.15) is 193 Å². The van der Waals surface area contributed by atoms with Crippen molar-refractivity contribution < 1.29 is 19.4 Å². The van der Waals surface area contributed by atoms with Gasteiger partial charge >= 0.3 is 11.9 Å². The van der Waals surface area contributed by atoms with Crippen LogP contribution in [0.2, 0.25) is 0 Å². The zero-order valence-corrected chi connectivity index (χ0v) is 36.1. The predicted molar refractivity (Wildman–Crippen MR) is 215 cm³/mol. The highest BCUT2D eigenvalue weighted by Gasteiger charge is 2.52. The smallest absolute Gasteiger partial charge is 0.247 e. The summed E-state index contributed by atoms with van der Waals surface area (Å²) >= 11 is 54.6. The molecule has 0 saturated heterocycles. The number of hydrogen-bond donors (Lipinski definition) is 0. The van der Waals surface area contributed by atoms with Gasteiger partial charge in [-0.2, -0.15) is 0 Å². The lowest BCUT2D eigenvalue weighted by Gasteiger charge is -2.39. The van der Waals surface area contributed by atoms with Crippen molar-refractivity contribution in [3.63, 3.8) is 0 Å². The van der Waals surface area contributed by atoms with E-state index >= 15 is 0 Å². The Morgan fingerprint density at radius 3 is 1.06 bits per heavy atom. The van der Waals surface area contributed by atoms with Crippen molar-refractivity contribution in [1.82, 2.24) is 0 Å². The third-order valence-corrected chi connectivity index (χ3v) is 15.9. The van der Waals surface area contributed by atoms with Gasteiger partial charge in [0, 0.05) is 0 Å². The van der Waals surface area contributed by atoms with Crippen molar-refractivity contribution in [2.45, 2.75) is 210 Å². The molecule has 2 fully saturated rings. The minimum Gasteiger partial charge on any atom is -0.247 e. The molecule has 0 radical (unpaired) electrons. The van der Waals surface area contributed by atoms with E-state index in [4.69, 9.17) is 103 Å². The van der Waals surface area contributed by atoms with Gasteiger partial charge in [0.05, 0.1) is 12.8 Å². The quantitative estimate of drug-likeness (QED) is 0.0849. The van der Waals surface area contributed by atoms with E-state index in [1.807, 2.05) is 0 Å². The lowest BCUT2D eigenvalue weighted by molar-refractivity contribution is -0.259. The topological polar surface area (TPSA) is 52.6 Å². The Balaban J connectivity index is 1.67. The van der Waals surface area contributed by atoms with Gasteiger partial charge in [0.1, 0.15) is 0 Å². The summed E-state index contributed by atoms with van der Waals surface area (Å²) in [4.78, 5) is 34.1. The summed E-state index contributed by atoms with van der Waals surface area (Å²) in [5.74, 6) is -1.20. The Morgan fingerprint density at radius 1 is 0.420 bits per heavy atom. The average Bonchev–Trinajstić information content (AvgIpc) is 3.07. The van der Waals surface area contributed by atoms with Crippen molar-refractivity contribution in [3.05, 3.63) is 0 Å². The first kappa shape index (κ1) is 47.4. The van der Waals surface area contributed by atoms with Gasteiger partial charge in [0.15, 0.2) is 17.3 Å². The summed E-state index contributed by atoms with van der Waals surface area (Å²) in [5, 5.41) is 0. The second kappa shape index (κ2) is 25.4. The second-order valence-corrected chi connectivity index (χ2v) is 20.6. The molecule has 0 heterocycles. The molecule has 2 aliphatic rings. The molecule has 12 heteroatoms. The predicted octanol–water partition coefficient (Wildman–Crippen LogP) is 15.6. The molecular weight excluding hydrogens is 804 g/mol. The lowest BCUT2D eigenvalue weighted by atomic mass is 9.88. The third kappa shape index (κ3) is 17.8. The molecule has 2 aliphatic carbocycles. The molecule has 0 bridgehead atoms. The summed E-state index contributed by atoms with van der Waals surface area (Å²) in [5.41, 5.74) is 0. The van der Waals surface area contributed by atoms with Crippen molar-refractivity contribution in [2.24, 2.45) is 11.8 Å². The van der Waals surface area contributed by atoms with Crippen LogP contribution in [-0.2, 0) is 19.4 Å². The normalized spacial score (nSPS) is 25.6. The van der Waals surface area contributed by atoms with E-state index in [1.54, 1.807) is 0 Å². The Hall–Kier alpha value is 1.26. The number of carbonyl (C=O) groups excluding carboxylic acids is 2. The molecule has 0 N–H and O–H groups in total. The fourth-order valence-electron chi connectivity index (χ4n) is 7.39. The molecule has 0 aromatic heterocycles. The number of unbranched alkanes of at least 4 members (excludes halogenated alkanes) is 4. The highest BCUT2D eigenvalue weighted by atomic mass is 35.5. The molecular formula is C38H62Cl8O4. The van der Waals surface area contributed by atoms with Crippen LogP contribution in [0, 0.1) is 11.8 Å². The third-order valence-electron chi connectivity index (χ3n) is 10.7. The average molecular weight is 867 g/mol. The van der Waals surface area contributed by atoms with Crippen LogP contribution in [-0.4, -0.2) is 29.3 Å². The largest absolute Gasteiger partial charge is 0.355 e. The molecule has 0 aromatic rings. The highest BCUT2D eigenvalue weighted by molar-refractivity contribution is 6.63. The number of halogens is 8. The Morgan fingerprint density at radius 2 is 0.720 bits per heavy atom. The van der Waals surface area contributed by atoms with E-state index in [1.165, 1.54) is 51.4 Å². The van der Waals surface area contributed by atoms with Gasteiger partial charge in [0.25, 0.3) is 0 Å². The number of rotatable bonds is 12. The molecule has 0 amide bonds. The van der Waals surface area contributed by atoms with E-state index in [0.29, 0.717) is 25.7 Å². The van der Waals surface area contributed by atoms with Crippen molar-refractivity contribution in [3.8, 4) is 0 Å². The maximum atomic E-state index is 12.2. The highest BCUT2D eigenvalue weighted by Crippen LogP contribution is 2.54. The van der Waals surface area contributed by atoms with E-state index < -0.39 is 29.3 Å². The van der Waals surface area contributed by atoms with Crippen LogP contribution in [0.3, 0.4) is 0 Å². The molecule has 50 heavy (non-hydrogen) atoms. The van der Waals surface area contributed by atoms with Gasteiger partial charge < -0.3 is 0 Å². The standard InChI is InChI=1S/C38H62Cl8O4/c39-35(40)29-21-11-7-3-1-5-9-15-23-31(37(35,43)44)25-17-13-19-27-33(47)49-50-34(48)28-20-14-18-26-32-24-16-10-6-2-4-8-12-22-30-36(41,42)38(32,45)46/h31-32H,1-30H2. The Kier molecular flexibility index (Phi) is 24.1. The van der Waals surface area contributed by atoms with Crippen LogP contribution in [0.4, 0.5) is 0 Å². The van der Waals surface area contributed by atoms with Gasteiger partial charge in [-0.05, 0) is 63.2 Å². The van der Waals surface area contributed by atoms with Gasteiger partial charge in [0.2, 0.25) is 0 Å². The first-order valence-corrected chi connectivity index (χ1v) is 22.6. The van der Waals surface area contributed by atoms with Gasteiger partial charge in [-0.3, -0.25) is 0 Å². The summed E-state index contributed by atoms with van der Waals surface area (Å²) in [6.07, 6.45) is 27.3. The fourth-order valence-corrected chi connectivity index (χ4v) is 9.79. The van der Waals surface area contributed by atoms with Crippen molar-refractivity contribution in [1.29, 1.82) is 0 Å². The van der Waals surface area contributed by atoms with E-state index in [2.05, 4.69) is 0 Å². The minimum atomic E-state index is -1.25. The monoisotopic (exact) mass is 862 g/mol. The minimum absolute atomic E-state index is 0.0409. The van der Waals surface area contributed by atoms with Gasteiger partial charge in [-0.15, -0.1) is 0 Å². The molecule has 2 unspecified atom stereocenters. The second-order valence-electron chi connectivity index (χ2n) is 14.9. The van der Waals surface area contributed by atoms with Gasteiger partial charge in [-0.25, -0.2) is 19.4 Å². The molecule has 0 aromatic carbocycles. The maximum absolute atomic E-state index is 12.2. The van der Waals surface area contributed by atoms with Gasteiger partial charge in [-0.1, -0.05) is 221 Å². The first-order chi connectivity index (χ1) is 23.7. The molecule has 2 saturated carbocycles. The lowest BCUT2D eigenvalue weighted by Crippen LogP contribution is -2.43. The van der Waals surface area contributed by atoms with Crippen molar-refractivity contribution >= 4 is 105 Å². The molecule has 2 atom stereocenters. The van der Waals surface area contributed by atoms with Crippen LogP contribution in [0.25, 0.3) is 0 Å². The van der Waals surface area contributed by atoms with E-state index in [-0.39, 0.29) is 24.7 Å². The van der Waals surface area contributed by atoms with Crippen LogP contribution in [0.15, 0.2) is 0 Å². The summed E-state index contributed by atoms with van der Waals surface area (Å²) in [6, 6.07) is 0. The molecule has 294 valence electrons. The number of alkyl halides is 8. The summed E-state index contributed by atoms with van der Waals surface area (Å²) < 4.78 is -4.92. The first-order valence-electron chi connectivity index (χ1n) is 19.6. The van der Waals surface area contributed by atoms with Crippen LogP contribution in [0.5, 0.6) is 0 Å². The van der Waals surface area contributed by atoms with Crippen LogP contribution >= 0.6 is 92.8 Å². The Labute approximate surface area is 343 Å². The van der Waals surface area contributed by atoms with E-state index in [0.717, 1.165) is 103 Å². The number of carbonyl (C=O) groups is 2. The fraction of sp³-hybridized carbons (Fsp3) is 0.947. The molecule has 4 nitrogen and oxygen atoms in total.